The van der Waals surface area contributed by atoms with Gasteiger partial charge in [-0.3, -0.25) is 0 Å². The van der Waals surface area contributed by atoms with Crippen molar-refractivity contribution in [2.24, 2.45) is 0 Å². The van der Waals surface area contributed by atoms with Crippen LogP contribution in [0.4, 0.5) is 15.3 Å². The summed E-state index contributed by atoms with van der Waals surface area (Å²) in [6, 6.07) is 7.17. The van der Waals surface area contributed by atoms with Crippen LogP contribution in [0.2, 0.25) is 0 Å². The molecule has 2 N–H and O–H groups in total. The quantitative estimate of drug-likeness (QED) is 0.899. The number of carbonyl (C=O) groups is 2. The Morgan fingerprint density at radius 2 is 1.95 bits per heavy atom. The van der Waals surface area contributed by atoms with E-state index in [1.807, 2.05) is 45.0 Å². The van der Waals surface area contributed by atoms with E-state index >= 15 is 0 Å². The first-order valence-electron chi connectivity index (χ1n) is 6.93. The molecule has 1 heterocycles. The SMILES string of the molecule is CC(C)(C)NC(=O)Nc1ccc(CN2CCOC2=O)cc1. The largest absolute Gasteiger partial charge is 0.448 e. The van der Waals surface area contributed by atoms with Gasteiger partial charge in [-0.05, 0) is 38.5 Å². The number of carbonyl (C=O) groups excluding carboxylic acids is 2. The van der Waals surface area contributed by atoms with E-state index < -0.39 is 0 Å². The molecule has 6 nitrogen and oxygen atoms in total. The third-order valence-corrected chi connectivity index (χ3v) is 2.92. The number of anilines is 1. The average molecular weight is 291 g/mol. The molecule has 1 saturated heterocycles. The summed E-state index contributed by atoms with van der Waals surface area (Å²) < 4.78 is 4.88. The van der Waals surface area contributed by atoms with Crippen LogP contribution < -0.4 is 10.6 Å². The lowest BCUT2D eigenvalue weighted by atomic mass is 10.1. The van der Waals surface area contributed by atoms with Crippen LogP contribution in [0.3, 0.4) is 0 Å². The fourth-order valence-electron chi connectivity index (χ4n) is 1.99. The van der Waals surface area contributed by atoms with Crippen molar-refractivity contribution in [3.05, 3.63) is 29.8 Å². The normalized spacial score (nSPS) is 14.8. The van der Waals surface area contributed by atoms with Gasteiger partial charge in [0.15, 0.2) is 0 Å². The zero-order chi connectivity index (χ0) is 15.5. The van der Waals surface area contributed by atoms with Crippen molar-refractivity contribution in [1.82, 2.24) is 10.2 Å². The lowest BCUT2D eigenvalue weighted by molar-refractivity contribution is 0.157. The van der Waals surface area contributed by atoms with Crippen molar-refractivity contribution in [3.63, 3.8) is 0 Å². The van der Waals surface area contributed by atoms with Gasteiger partial charge >= 0.3 is 12.1 Å². The lowest BCUT2D eigenvalue weighted by Crippen LogP contribution is -2.43. The number of hydrogen-bond acceptors (Lipinski definition) is 3. The van der Waals surface area contributed by atoms with Crippen molar-refractivity contribution in [2.75, 3.05) is 18.5 Å². The lowest BCUT2D eigenvalue weighted by Gasteiger charge is -2.20. The van der Waals surface area contributed by atoms with Gasteiger partial charge in [-0.15, -0.1) is 0 Å². The van der Waals surface area contributed by atoms with Crippen LogP contribution >= 0.6 is 0 Å². The fourth-order valence-corrected chi connectivity index (χ4v) is 1.99. The summed E-state index contributed by atoms with van der Waals surface area (Å²) in [5, 5.41) is 5.60. The fraction of sp³-hybridized carbons (Fsp3) is 0.467. The number of benzene rings is 1. The maximum atomic E-state index is 11.7. The van der Waals surface area contributed by atoms with E-state index in [2.05, 4.69) is 10.6 Å². The Labute approximate surface area is 124 Å². The van der Waals surface area contributed by atoms with Crippen LogP contribution in [0.5, 0.6) is 0 Å². The number of cyclic esters (lactones) is 1. The van der Waals surface area contributed by atoms with Gasteiger partial charge in [-0.1, -0.05) is 12.1 Å². The summed E-state index contributed by atoms with van der Waals surface area (Å²) in [6.07, 6.45) is -0.276. The van der Waals surface area contributed by atoms with Crippen LogP contribution in [0.25, 0.3) is 0 Å². The summed E-state index contributed by atoms with van der Waals surface area (Å²) in [7, 11) is 0. The Bertz CT molecular complexity index is 520. The van der Waals surface area contributed by atoms with E-state index in [1.165, 1.54) is 0 Å². The third-order valence-electron chi connectivity index (χ3n) is 2.92. The highest BCUT2D eigenvalue weighted by atomic mass is 16.6. The first-order valence-corrected chi connectivity index (χ1v) is 6.93. The first kappa shape index (κ1) is 15.2. The second kappa shape index (κ2) is 6.03. The van der Waals surface area contributed by atoms with Crippen LogP contribution in [-0.4, -0.2) is 35.7 Å². The average Bonchev–Trinajstić information content (AvgIpc) is 2.75. The molecule has 1 fully saturated rings. The molecule has 0 spiro atoms. The van der Waals surface area contributed by atoms with E-state index in [1.54, 1.807) is 4.90 Å². The topological polar surface area (TPSA) is 70.7 Å². The Morgan fingerprint density at radius 1 is 1.29 bits per heavy atom. The van der Waals surface area contributed by atoms with Crippen molar-refractivity contribution in [2.45, 2.75) is 32.9 Å². The van der Waals surface area contributed by atoms with Crippen LogP contribution in [0.1, 0.15) is 26.3 Å². The molecule has 6 heteroatoms. The molecular formula is C15H21N3O3. The zero-order valence-corrected chi connectivity index (χ0v) is 12.6. The van der Waals surface area contributed by atoms with Crippen LogP contribution in [0.15, 0.2) is 24.3 Å². The van der Waals surface area contributed by atoms with E-state index in [0.29, 0.717) is 25.4 Å². The highest BCUT2D eigenvalue weighted by Gasteiger charge is 2.21. The Kier molecular flexibility index (Phi) is 4.35. The standard InChI is InChI=1S/C15H21N3O3/c1-15(2,3)17-13(19)16-12-6-4-11(5-7-12)10-18-8-9-21-14(18)20/h4-7H,8-10H2,1-3H3,(H2,16,17,19). The molecule has 21 heavy (non-hydrogen) atoms. The van der Waals surface area contributed by atoms with Crippen LogP contribution in [0, 0.1) is 0 Å². The van der Waals surface area contributed by atoms with Gasteiger partial charge in [0.1, 0.15) is 6.61 Å². The van der Waals surface area contributed by atoms with Gasteiger partial charge in [-0.25, -0.2) is 9.59 Å². The van der Waals surface area contributed by atoms with Gasteiger partial charge in [0.25, 0.3) is 0 Å². The highest BCUT2D eigenvalue weighted by Crippen LogP contribution is 2.14. The number of nitrogens with one attached hydrogen (secondary N) is 2. The number of nitrogens with zero attached hydrogens (tertiary/aromatic N) is 1. The maximum Gasteiger partial charge on any atom is 0.410 e. The van der Waals surface area contributed by atoms with Crippen LogP contribution in [-0.2, 0) is 11.3 Å². The van der Waals surface area contributed by atoms with Gasteiger partial charge in [0.2, 0.25) is 0 Å². The zero-order valence-electron chi connectivity index (χ0n) is 12.6. The summed E-state index contributed by atoms with van der Waals surface area (Å²) in [6.45, 7) is 7.35. The molecule has 0 bridgehead atoms. The third kappa shape index (κ3) is 4.66. The predicted octanol–water partition coefficient (Wildman–Crippen LogP) is 2.56. The van der Waals surface area contributed by atoms with Gasteiger partial charge in [-0.2, -0.15) is 0 Å². The van der Waals surface area contributed by atoms with Crippen molar-refractivity contribution in [3.8, 4) is 0 Å². The number of amides is 3. The minimum atomic E-state index is -0.278. The molecule has 0 aromatic heterocycles. The molecule has 0 unspecified atom stereocenters. The minimum absolute atomic E-state index is 0.238. The molecule has 0 atom stereocenters. The van der Waals surface area contributed by atoms with E-state index in [4.69, 9.17) is 4.74 Å². The Hall–Kier alpha value is -2.24. The van der Waals surface area contributed by atoms with Gasteiger partial charge in [0.05, 0.1) is 6.54 Å². The Morgan fingerprint density at radius 3 is 2.48 bits per heavy atom. The Balaban J connectivity index is 1.90. The molecule has 1 aromatic carbocycles. The molecule has 0 saturated carbocycles. The van der Waals surface area contributed by atoms with E-state index in [9.17, 15) is 9.59 Å². The van der Waals surface area contributed by atoms with E-state index in [-0.39, 0.29) is 17.7 Å². The predicted molar refractivity (Wildman–Crippen MR) is 80.1 cm³/mol. The minimum Gasteiger partial charge on any atom is -0.448 e. The smallest absolute Gasteiger partial charge is 0.410 e. The molecule has 1 aromatic rings. The number of ether oxygens (including phenoxy) is 1. The molecule has 1 aliphatic heterocycles. The van der Waals surface area contributed by atoms with Crippen molar-refractivity contribution in [1.29, 1.82) is 0 Å². The van der Waals surface area contributed by atoms with Crippen molar-refractivity contribution < 1.29 is 14.3 Å². The number of rotatable bonds is 3. The monoisotopic (exact) mass is 291 g/mol. The van der Waals surface area contributed by atoms with Gasteiger partial charge in [0, 0.05) is 17.8 Å². The summed E-state index contributed by atoms with van der Waals surface area (Å²) >= 11 is 0. The molecule has 2 rings (SSSR count). The molecular weight excluding hydrogens is 270 g/mol. The molecule has 0 radical (unpaired) electrons. The van der Waals surface area contributed by atoms with E-state index in [0.717, 1.165) is 5.56 Å². The maximum absolute atomic E-state index is 11.7. The second-order valence-electron chi connectivity index (χ2n) is 6.06. The van der Waals surface area contributed by atoms with Crippen molar-refractivity contribution >= 4 is 17.8 Å². The first-order chi connectivity index (χ1) is 9.83. The summed E-state index contributed by atoms with van der Waals surface area (Å²) in [5.41, 5.74) is 1.43. The molecule has 1 aliphatic rings. The second-order valence-corrected chi connectivity index (χ2v) is 6.06. The van der Waals surface area contributed by atoms with Gasteiger partial charge < -0.3 is 20.3 Å². The molecule has 114 valence electrons. The molecule has 0 aliphatic carbocycles. The summed E-state index contributed by atoms with van der Waals surface area (Å²) in [4.78, 5) is 24.8. The summed E-state index contributed by atoms with van der Waals surface area (Å²) in [5.74, 6) is 0. The number of hydrogen-bond donors (Lipinski definition) is 2. The molecule has 3 amide bonds. The highest BCUT2D eigenvalue weighted by molar-refractivity contribution is 5.89. The number of urea groups is 1.